The van der Waals surface area contributed by atoms with Crippen LogP contribution in [0, 0.1) is 5.92 Å². The molecule has 2 aromatic carbocycles. The highest BCUT2D eigenvalue weighted by Crippen LogP contribution is 2.16. The number of nitrogens with one attached hydrogen (secondary N) is 12. The van der Waals surface area contributed by atoms with Crippen molar-refractivity contribution < 1.29 is 77.3 Å². The number of benzene rings is 2. The molecule has 3 rings (SSSR count). The lowest BCUT2D eigenvalue weighted by atomic mass is 10.00. The van der Waals surface area contributed by atoms with E-state index in [1.54, 1.807) is 44.2 Å². The second kappa shape index (κ2) is 46.5. The monoisotopic (exact) mass is 1480 g/mol. The van der Waals surface area contributed by atoms with Crippen molar-refractivity contribution in [3.63, 3.8) is 0 Å². The molecule has 0 saturated carbocycles. The van der Waals surface area contributed by atoms with Crippen LogP contribution in [0.5, 0.6) is 5.75 Å². The minimum absolute atomic E-state index is 0.00809. The van der Waals surface area contributed by atoms with Crippen LogP contribution in [0.15, 0.2) is 69.6 Å². The maximum absolute atomic E-state index is 14.8. The minimum atomic E-state index is -1.93. The first-order valence-corrected chi connectivity index (χ1v) is 34.7. The number of thioether (sulfide) groups is 1. The topological polar surface area (TPSA) is 669 Å². The van der Waals surface area contributed by atoms with E-state index in [1.165, 1.54) is 31.2 Å². The van der Waals surface area contributed by atoms with E-state index in [4.69, 9.17) is 45.9 Å². The summed E-state index contributed by atoms with van der Waals surface area (Å²) >= 11 is 0.806. The Kier molecular flexibility index (Phi) is 38.9. The van der Waals surface area contributed by atoms with E-state index in [0.29, 0.717) is 17.5 Å². The maximum atomic E-state index is 14.8. The normalized spacial score (nSPS) is 22.6. The third kappa shape index (κ3) is 35.0. The first-order chi connectivity index (χ1) is 49.2. The van der Waals surface area contributed by atoms with Gasteiger partial charge in [0.1, 0.15) is 66.2 Å². The standard InChI is InChI=1S/C64H101N23O16S/c1-34(2)26-43-58(100)84-42(17-11-25-75-64(71)72)57(99)86-45(27-36-12-5-4-6-13-36)60(102)83-41(16-10-24-74-63(69)70)55(97)78-35(3)53(95)81-40(14-7-8-22-65)56(98)87-46(29-51(92)93)61(103)82-39(15-9-23-73-62(67)68)54(96)77-30-48(89)76-31-49(90)80-47(52(66)94)32-104-33-50(91)79-44(59(101)85-43)28-37-18-20-38(88)21-19-37/h4-6,12-13,18-21,34-35,39-47,88H,7-11,14-17,22-33,65H2,1-3H3,(H2,66,94)(H,76,89)(H,77,96)(H,78,97)(H,79,91)(H,80,90)(H,81,95)(H,82,103)(H,83,102)(H,84,100)(H,85,101)(H,86,99)(H,87,98)(H,92,93)(H4,67,68,73)(H4,69,70,74)(H4,71,72,75)/t35-,39-,40-,41-,42-,43-,44-,45-,46-,47-/m0/s1. The summed E-state index contributed by atoms with van der Waals surface area (Å²) in [6.07, 6.45) is -1.67. The highest BCUT2D eigenvalue weighted by Gasteiger charge is 2.36. The highest BCUT2D eigenvalue weighted by molar-refractivity contribution is 8.00. The molecule has 1 aliphatic heterocycles. The van der Waals surface area contributed by atoms with Gasteiger partial charge in [-0.2, -0.15) is 0 Å². The summed E-state index contributed by atoms with van der Waals surface area (Å²) in [6.45, 7) is 3.11. The lowest BCUT2D eigenvalue weighted by molar-refractivity contribution is -0.141. The number of amides is 13. The fraction of sp³-hybridized carbons (Fsp3) is 0.547. The van der Waals surface area contributed by atoms with Gasteiger partial charge in [0.2, 0.25) is 76.8 Å². The Labute approximate surface area is 604 Å². The van der Waals surface area contributed by atoms with Crippen molar-refractivity contribution in [2.45, 2.75) is 165 Å². The van der Waals surface area contributed by atoms with Crippen LogP contribution in [-0.2, 0) is 80.0 Å². The van der Waals surface area contributed by atoms with Gasteiger partial charge in [-0.15, -0.1) is 11.8 Å². The Morgan fingerprint density at radius 1 is 0.471 bits per heavy atom. The molecule has 0 spiro atoms. The minimum Gasteiger partial charge on any atom is -0.508 e. The Balaban J connectivity index is 2.22. The number of nitrogens with zero attached hydrogens (tertiary/aromatic N) is 3. The molecule has 1 aliphatic rings. The second-order valence-electron chi connectivity index (χ2n) is 24.7. The Hall–Kier alpha value is -11.1. The van der Waals surface area contributed by atoms with Gasteiger partial charge in [-0.1, -0.05) is 56.3 Å². The van der Waals surface area contributed by atoms with Gasteiger partial charge in [-0.25, -0.2) is 0 Å². The first-order valence-electron chi connectivity index (χ1n) is 33.6. The van der Waals surface area contributed by atoms with E-state index < -0.39 is 168 Å². The van der Waals surface area contributed by atoms with Crippen molar-refractivity contribution >= 4 is 112 Å². The van der Waals surface area contributed by atoms with Gasteiger partial charge >= 0.3 is 5.97 Å². The molecule has 0 aliphatic carbocycles. The van der Waals surface area contributed by atoms with Crippen LogP contribution in [0.25, 0.3) is 0 Å². The van der Waals surface area contributed by atoms with Crippen LogP contribution in [0.3, 0.4) is 0 Å². The summed E-state index contributed by atoms with van der Waals surface area (Å²) in [7, 11) is 0. The van der Waals surface area contributed by atoms with Crippen LogP contribution in [0.4, 0.5) is 0 Å². The molecule has 574 valence electrons. The van der Waals surface area contributed by atoms with Crippen molar-refractivity contribution in [1.29, 1.82) is 0 Å². The van der Waals surface area contributed by atoms with E-state index in [1.807, 2.05) is 0 Å². The number of aromatic hydroxyl groups is 1. The smallest absolute Gasteiger partial charge is 0.305 e. The number of nitrogens with two attached hydrogens (primary N) is 8. The summed E-state index contributed by atoms with van der Waals surface area (Å²) in [5.74, 6) is -16.3. The van der Waals surface area contributed by atoms with Gasteiger partial charge in [-0.05, 0) is 107 Å². The summed E-state index contributed by atoms with van der Waals surface area (Å²) in [6, 6.07) is -1.34. The third-order valence-electron chi connectivity index (χ3n) is 15.4. The predicted molar refractivity (Wildman–Crippen MR) is 384 cm³/mol. The first kappa shape index (κ1) is 87.2. The molecule has 2 aromatic rings. The number of carbonyl (C=O) groups excluding carboxylic acids is 13. The molecular formula is C64H101N23O16S. The number of carbonyl (C=O) groups is 14. The number of aliphatic imine (C=N–C) groups is 3. The number of hydrogen-bond acceptors (Lipinski definition) is 20. The van der Waals surface area contributed by atoms with E-state index in [2.05, 4.69) is 78.8 Å². The summed E-state index contributed by atoms with van der Waals surface area (Å²) in [5.41, 5.74) is 45.6. The van der Waals surface area contributed by atoms with Gasteiger partial charge in [0, 0.05) is 38.2 Å². The number of hydrogen-bond donors (Lipinski definition) is 22. The Morgan fingerprint density at radius 2 is 0.885 bits per heavy atom. The lowest BCUT2D eigenvalue weighted by Crippen LogP contribution is -2.60. The largest absolute Gasteiger partial charge is 0.508 e. The molecule has 13 amide bonds. The SMILES string of the molecule is CC(C)C[C@@H]1NC(=O)[C@H](Cc2ccc(O)cc2)NC(=O)CSC[C@@H](C(N)=O)NC(=O)CNC(=O)CNC(=O)[C@H](CCCN=C(N)N)NC(=O)[C@H](CC(=O)O)NC(=O)[C@H](CCCCN)NC(=O)[C@H](C)NC(=O)[C@H](CCCN=C(N)N)NC(=O)[C@H](Cc2ccccc2)NC(=O)[C@H](CCCN=C(N)N)NC1=O. The number of rotatable bonds is 25. The zero-order chi connectivity index (χ0) is 77.4. The molecule has 10 atom stereocenters. The average Bonchev–Trinajstić information content (AvgIpc) is 0.858. The fourth-order valence-electron chi connectivity index (χ4n) is 10.1. The molecule has 40 heteroatoms. The van der Waals surface area contributed by atoms with E-state index in [9.17, 15) is 77.3 Å². The third-order valence-corrected chi connectivity index (χ3v) is 16.5. The number of carboxylic acids is 1. The quantitative estimate of drug-likeness (QED) is 0.0249. The van der Waals surface area contributed by atoms with Crippen LogP contribution in [-0.4, -0.2) is 222 Å². The van der Waals surface area contributed by atoms with Crippen molar-refractivity contribution in [1.82, 2.24) is 63.8 Å². The highest BCUT2D eigenvalue weighted by atomic mass is 32.2. The summed E-state index contributed by atoms with van der Waals surface area (Å²) < 4.78 is 0. The molecule has 39 nitrogen and oxygen atoms in total. The molecule has 1 heterocycles. The Bertz CT molecular complexity index is 3340. The molecule has 30 N–H and O–H groups in total. The number of primary amides is 1. The van der Waals surface area contributed by atoms with E-state index >= 15 is 0 Å². The Morgan fingerprint density at radius 3 is 1.38 bits per heavy atom. The van der Waals surface area contributed by atoms with Crippen LogP contribution >= 0.6 is 11.8 Å². The number of phenols is 1. The zero-order valence-electron chi connectivity index (χ0n) is 58.4. The van der Waals surface area contributed by atoms with Gasteiger partial charge < -0.3 is 120 Å². The molecule has 1 saturated heterocycles. The van der Waals surface area contributed by atoms with E-state index in [0.717, 1.165) is 11.8 Å². The average molecular weight is 1480 g/mol. The van der Waals surface area contributed by atoms with Crippen LogP contribution in [0.2, 0.25) is 0 Å². The second-order valence-corrected chi connectivity index (χ2v) is 25.8. The lowest BCUT2D eigenvalue weighted by Gasteiger charge is -2.28. The molecule has 0 aromatic heterocycles. The number of aliphatic carboxylic acids is 1. The maximum Gasteiger partial charge on any atom is 0.305 e. The molecule has 0 unspecified atom stereocenters. The predicted octanol–water partition coefficient (Wildman–Crippen LogP) is -7.68. The molecule has 104 heavy (non-hydrogen) atoms. The zero-order valence-corrected chi connectivity index (χ0v) is 59.2. The summed E-state index contributed by atoms with van der Waals surface area (Å²) in [4.78, 5) is 206. The van der Waals surface area contributed by atoms with Crippen LogP contribution in [0.1, 0.15) is 103 Å². The molecule has 0 radical (unpaired) electrons. The van der Waals surface area contributed by atoms with Crippen molar-refractivity contribution in [3.8, 4) is 5.75 Å². The molecular weight excluding hydrogens is 1380 g/mol. The number of phenolic OH excluding ortho intramolecular Hbond substituents is 1. The van der Waals surface area contributed by atoms with Gasteiger partial charge in [0.05, 0.1) is 25.3 Å². The molecule has 1 fully saturated rings. The van der Waals surface area contributed by atoms with Gasteiger partial charge in [-0.3, -0.25) is 82.1 Å². The van der Waals surface area contributed by atoms with Crippen molar-refractivity contribution in [2.24, 2.45) is 66.8 Å². The van der Waals surface area contributed by atoms with Crippen molar-refractivity contribution in [3.05, 3.63) is 65.7 Å². The van der Waals surface area contributed by atoms with Crippen LogP contribution < -0.4 is 110 Å². The van der Waals surface area contributed by atoms with Crippen molar-refractivity contribution in [2.75, 3.05) is 50.8 Å². The van der Waals surface area contributed by atoms with Gasteiger partial charge in [0.15, 0.2) is 17.9 Å². The number of unbranched alkanes of at least 4 members (excludes halogenated alkanes) is 1. The number of guanidine groups is 3. The van der Waals surface area contributed by atoms with E-state index in [-0.39, 0.29) is 132 Å². The molecule has 0 bridgehead atoms. The number of carboxylic acid groups (broad SMARTS) is 1. The fourth-order valence-corrected chi connectivity index (χ4v) is 11.0. The summed E-state index contributed by atoms with van der Waals surface area (Å²) in [5, 5.41) is 50.0. The van der Waals surface area contributed by atoms with Gasteiger partial charge in [0.25, 0.3) is 0 Å².